The summed E-state index contributed by atoms with van der Waals surface area (Å²) in [5, 5.41) is 38.9. The zero-order chi connectivity index (χ0) is 21.0. The Kier molecular flexibility index (Phi) is 4.03. The third-order valence-electron chi connectivity index (χ3n) is 5.93. The van der Waals surface area contributed by atoms with Crippen LogP contribution in [0.2, 0.25) is 0 Å². The molecule has 4 unspecified atom stereocenters. The third-order valence-corrected chi connectivity index (χ3v) is 6.98. The first-order valence-electron chi connectivity index (χ1n) is 8.83. The van der Waals surface area contributed by atoms with Crippen LogP contribution in [0.25, 0.3) is 0 Å². The SMILES string of the molecule is Cc1ccc(C2OC3(c4ccc(F)cc4)OC(=N)C(C#N)(C3C)C2(C#N)C#N)s1. The second-order valence-electron chi connectivity index (χ2n) is 7.23. The van der Waals surface area contributed by atoms with Crippen molar-refractivity contribution in [3.05, 3.63) is 57.5 Å². The molecular weight excluding hydrogens is 391 g/mol. The van der Waals surface area contributed by atoms with Crippen molar-refractivity contribution in [1.82, 2.24) is 0 Å². The van der Waals surface area contributed by atoms with Gasteiger partial charge in [-0.3, -0.25) is 5.41 Å². The Morgan fingerprint density at radius 1 is 1.07 bits per heavy atom. The molecule has 0 aliphatic carbocycles. The Balaban J connectivity index is 2.03. The molecule has 2 fully saturated rings. The predicted molar refractivity (Wildman–Crippen MR) is 101 cm³/mol. The molecule has 29 heavy (non-hydrogen) atoms. The number of aryl methyl sites for hydroxylation is 1. The molecule has 8 heteroatoms. The fourth-order valence-corrected chi connectivity index (χ4v) is 5.37. The Hall–Kier alpha value is -3.25. The Morgan fingerprint density at radius 2 is 1.72 bits per heavy atom. The van der Waals surface area contributed by atoms with Crippen molar-refractivity contribution < 1.29 is 13.9 Å². The van der Waals surface area contributed by atoms with Crippen LogP contribution >= 0.6 is 11.3 Å². The maximum atomic E-state index is 13.5. The molecule has 2 aromatic rings. The molecule has 0 spiro atoms. The molecule has 0 amide bonds. The Labute approximate surface area is 170 Å². The molecule has 2 saturated heterocycles. The zero-order valence-electron chi connectivity index (χ0n) is 15.6. The Morgan fingerprint density at radius 3 is 2.24 bits per heavy atom. The minimum Gasteiger partial charge on any atom is -0.443 e. The van der Waals surface area contributed by atoms with Crippen LogP contribution in [0.5, 0.6) is 0 Å². The predicted octanol–water partition coefficient (Wildman–Crippen LogP) is 4.31. The number of rotatable bonds is 2. The van der Waals surface area contributed by atoms with Gasteiger partial charge in [-0.1, -0.05) is 6.92 Å². The number of benzene rings is 1. The number of nitriles is 3. The highest BCUT2D eigenvalue weighted by Gasteiger charge is 2.79. The number of fused-ring (bicyclic) bond motifs is 2. The summed E-state index contributed by atoms with van der Waals surface area (Å²) in [6.07, 6.45) is -1.13. The summed E-state index contributed by atoms with van der Waals surface area (Å²) in [6.45, 7) is 3.50. The van der Waals surface area contributed by atoms with E-state index in [0.717, 1.165) is 4.88 Å². The summed E-state index contributed by atoms with van der Waals surface area (Å²) < 4.78 is 25.7. The van der Waals surface area contributed by atoms with Crippen molar-refractivity contribution in [2.24, 2.45) is 16.7 Å². The molecule has 4 rings (SSSR count). The molecule has 6 nitrogen and oxygen atoms in total. The standard InChI is InChI=1S/C21H15FN4O2S/c1-12-3-8-16(29-12)17-19(9-23,10-24)20(11-25)13(2)21(27-17,28-18(20)26)14-4-6-15(22)7-5-14/h3-8,13,17,26H,1-2H3. The van der Waals surface area contributed by atoms with Crippen LogP contribution in [0, 0.1) is 68.9 Å². The monoisotopic (exact) mass is 406 g/mol. The number of ether oxygens (including phenoxy) is 2. The van der Waals surface area contributed by atoms with E-state index in [4.69, 9.17) is 14.9 Å². The molecule has 2 bridgehead atoms. The van der Waals surface area contributed by atoms with Crippen molar-refractivity contribution in [1.29, 1.82) is 21.2 Å². The normalized spacial score (nSPS) is 31.9. The van der Waals surface area contributed by atoms with Crippen LogP contribution in [0.4, 0.5) is 4.39 Å². The quantitative estimate of drug-likeness (QED) is 0.798. The molecule has 0 saturated carbocycles. The van der Waals surface area contributed by atoms with E-state index >= 15 is 0 Å². The molecule has 2 aliphatic heterocycles. The van der Waals surface area contributed by atoms with E-state index < -0.39 is 40.4 Å². The molecule has 3 heterocycles. The van der Waals surface area contributed by atoms with Crippen molar-refractivity contribution in [3.8, 4) is 18.2 Å². The lowest BCUT2D eigenvalue weighted by atomic mass is 9.54. The van der Waals surface area contributed by atoms with Gasteiger partial charge < -0.3 is 9.47 Å². The molecule has 144 valence electrons. The lowest BCUT2D eigenvalue weighted by Crippen LogP contribution is -2.57. The van der Waals surface area contributed by atoms with E-state index in [9.17, 15) is 20.2 Å². The van der Waals surface area contributed by atoms with Gasteiger partial charge in [0.05, 0.1) is 24.1 Å². The van der Waals surface area contributed by atoms with E-state index in [1.165, 1.54) is 35.6 Å². The molecule has 1 N–H and O–H groups in total. The molecule has 1 aromatic heterocycles. The van der Waals surface area contributed by atoms with Gasteiger partial charge in [-0.2, -0.15) is 15.8 Å². The first-order valence-corrected chi connectivity index (χ1v) is 9.65. The highest BCUT2D eigenvalue weighted by Crippen LogP contribution is 2.69. The van der Waals surface area contributed by atoms with Gasteiger partial charge >= 0.3 is 0 Å². The van der Waals surface area contributed by atoms with Crippen LogP contribution in [-0.2, 0) is 15.3 Å². The highest BCUT2D eigenvalue weighted by molar-refractivity contribution is 7.12. The summed E-state index contributed by atoms with van der Waals surface area (Å²) in [5.74, 6) is -3.41. The van der Waals surface area contributed by atoms with Crippen molar-refractivity contribution in [2.75, 3.05) is 0 Å². The maximum Gasteiger partial charge on any atom is 0.244 e. The third kappa shape index (κ3) is 2.12. The number of thiophene rings is 1. The van der Waals surface area contributed by atoms with Gasteiger partial charge in [0.1, 0.15) is 11.9 Å². The summed E-state index contributed by atoms with van der Waals surface area (Å²) in [6, 6.07) is 15.1. The second kappa shape index (κ2) is 6.12. The van der Waals surface area contributed by atoms with E-state index in [2.05, 4.69) is 6.07 Å². The van der Waals surface area contributed by atoms with Gasteiger partial charge in [0, 0.05) is 15.3 Å². The van der Waals surface area contributed by atoms with E-state index in [-0.39, 0.29) is 0 Å². The number of hydrogen-bond acceptors (Lipinski definition) is 7. The first-order chi connectivity index (χ1) is 13.8. The van der Waals surface area contributed by atoms with Gasteiger partial charge in [0.2, 0.25) is 17.1 Å². The van der Waals surface area contributed by atoms with Gasteiger partial charge in [-0.25, -0.2) is 4.39 Å². The van der Waals surface area contributed by atoms with E-state index in [0.29, 0.717) is 10.4 Å². The average Bonchev–Trinajstić information content (AvgIpc) is 3.21. The van der Waals surface area contributed by atoms with Crippen LogP contribution in [0.15, 0.2) is 36.4 Å². The minimum atomic E-state index is -1.99. The fourth-order valence-electron chi connectivity index (χ4n) is 4.40. The van der Waals surface area contributed by atoms with E-state index in [1.807, 2.05) is 25.1 Å². The van der Waals surface area contributed by atoms with Crippen molar-refractivity contribution >= 4 is 17.2 Å². The number of hydrogen-bond donors (Lipinski definition) is 1. The lowest BCUT2D eigenvalue weighted by molar-refractivity contribution is -0.287. The number of nitrogens with zero attached hydrogens (tertiary/aromatic N) is 3. The van der Waals surface area contributed by atoms with Gasteiger partial charge in [-0.05, 0) is 43.3 Å². The van der Waals surface area contributed by atoms with Crippen molar-refractivity contribution in [3.63, 3.8) is 0 Å². The largest absolute Gasteiger partial charge is 0.443 e. The molecule has 2 aliphatic rings. The summed E-state index contributed by atoms with van der Waals surface area (Å²) >= 11 is 1.34. The smallest absolute Gasteiger partial charge is 0.244 e. The summed E-state index contributed by atoms with van der Waals surface area (Å²) in [7, 11) is 0. The lowest BCUT2D eigenvalue weighted by Gasteiger charge is -2.48. The van der Waals surface area contributed by atoms with E-state index in [1.54, 1.807) is 13.0 Å². The zero-order valence-corrected chi connectivity index (χ0v) is 16.4. The summed E-state index contributed by atoms with van der Waals surface area (Å²) in [4.78, 5) is 1.53. The van der Waals surface area contributed by atoms with Crippen LogP contribution in [-0.4, -0.2) is 5.90 Å². The maximum absolute atomic E-state index is 13.5. The Bertz CT molecular complexity index is 1130. The van der Waals surface area contributed by atoms with Crippen LogP contribution in [0.1, 0.15) is 28.3 Å². The number of nitrogens with one attached hydrogen (secondary N) is 1. The van der Waals surface area contributed by atoms with Crippen molar-refractivity contribution in [2.45, 2.75) is 25.7 Å². The second-order valence-corrected chi connectivity index (χ2v) is 8.54. The van der Waals surface area contributed by atoms with Gasteiger partial charge in [0.25, 0.3) is 0 Å². The summed E-state index contributed by atoms with van der Waals surface area (Å²) in [5.41, 5.74) is -3.43. The van der Waals surface area contributed by atoms with Gasteiger partial charge in [-0.15, -0.1) is 11.3 Å². The average molecular weight is 406 g/mol. The number of halogens is 1. The molecule has 4 atom stereocenters. The first kappa shape index (κ1) is 19.1. The highest BCUT2D eigenvalue weighted by atomic mass is 32.1. The minimum absolute atomic E-state index is 0.413. The van der Waals surface area contributed by atoms with Crippen LogP contribution < -0.4 is 0 Å². The van der Waals surface area contributed by atoms with Gasteiger partial charge in [0.15, 0.2) is 5.41 Å². The fraction of sp³-hybridized carbons (Fsp3) is 0.333. The topological polar surface area (TPSA) is 114 Å². The molecule has 1 aromatic carbocycles. The van der Waals surface area contributed by atoms with Crippen LogP contribution in [0.3, 0.4) is 0 Å². The molecule has 0 radical (unpaired) electrons. The molecular formula is C21H15FN4O2S.